The van der Waals surface area contributed by atoms with E-state index >= 15 is 0 Å². The Balaban J connectivity index is 1.90. The largest absolute Gasteiger partial charge is 0.444 e. The van der Waals surface area contributed by atoms with E-state index in [9.17, 15) is 9.59 Å². The molecule has 3 rings (SSSR count). The first kappa shape index (κ1) is 19.3. The van der Waals surface area contributed by atoms with Gasteiger partial charge in [-0.05, 0) is 62.7 Å². The summed E-state index contributed by atoms with van der Waals surface area (Å²) in [6.45, 7) is 5.34. The topological polar surface area (TPSA) is 67.4 Å². The highest BCUT2D eigenvalue weighted by Crippen LogP contribution is 2.35. The van der Waals surface area contributed by atoms with Gasteiger partial charge in [-0.1, -0.05) is 29.3 Å². The van der Waals surface area contributed by atoms with E-state index in [0.717, 1.165) is 5.56 Å². The highest BCUT2D eigenvalue weighted by molar-refractivity contribution is 6.37. The third-order valence-corrected chi connectivity index (χ3v) is 4.09. The van der Waals surface area contributed by atoms with Crippen molar-refractivity contribution in [2.24, 2.45) is 0 Å². The maximum Gasteiger partial charge on any atom is 0.412 e. The SMILES string of the molecule is CC(C)(C)OC(=O)Nc1cc(Cl)cc(/C=C2/C(=O)Nc3cc(Cl)ccc32)c1. The summed E-state index contributed by atoms with van der Waals surface area (Å²) in [5, 5.41) is 6.40. The van der Waals surface area contributed by atoms with Crippen molar-refractivity contribution in [2.45, 2.75) is 26.4 Å². The second-order valence-electron chi connectivity index (χ2n) is 7.10. The zero-order valence-electron chi connectivity index (χ0n) is 15.0. The molecule has 0 atom stereocenters. The molecule has 0 radical (unpaired) electrons. The van der Waals surface area contributed by atoms with Crippen molar-refractivity contribution < 1.29 is 14.3 Å². The van der Waals surface area contributed by atoms with E-state index in [0.29, 0.717) is 32.6 Å². The van der Waals surface area contributed by atoms with E-state index in [2.05, 4.69) is 10.6 Å². The number of fused-ring (bicyclic) bond motifs is 1. The predicted molar refractivity (Wildman–Crippen MR) is 109 cm³/mol. The van der Waals surface area contributed by atoms with Gasteiger partial charge in [0.25, 0.3) is 5.91 Å². The Morgan fingerprint density at radius 3 is 2.56 bits per heavy atom. The number of ether oxygens (including phenoxy) is 1. The number of carbonyl (C=O) groups excluding carboxylic acids is 2. The summed E-state index contributed by atoms with van der Waals surface area (Å²) in [5.74, 6) is -0.228. The van der Waals surface area contributed by atoms with Gasteiger partial charge in [0.2, 0.25) is 0 Å². The summed E-state index contributed by atoms with van der Waals surface area (Å²) in [6, 6.07) is 10.2. The van der Waals surface area contributed by atoms with Crippen LogP contribution >= 0.6 is 23.2 Å². The molecule has 0 bridgehead atoms. The lowest BCUT2D eigenvalue weighted by molar-refractivity contribution is -0.110. The molecule has 27 heavy (non-hydrogen) atoms. The zero-order valence-corrected chi connectivity index (χ0v) is 16.5. The molecule has 0 spiro atoms. The number of hydrogen-bond acceptors (Lipinski definition) is 3. The summed E-state index contributed by atoms with van der Waals surface area (Å²) in [4.78, 5) is 24.3. The molecule has 2 amide bonds. The third-order valence-electron chi connectivity index (χ3n) is 3.64. The molecule has 0 fully saturated rings. The predicted octanol–water partition coefficient (Wildman–Crippen LogP) is 5.83. The first-order chi connectivity index (χ1) is 12.6. The molecular formula is C20H18Cl2N2O3. The highest BCUT2D eigenvalue weighted by atomic mass is 35.5. The van der Waals surface area contributed by atoms with Crippen LogP contribution < -0.4 is 10.6 Å². The van der Waals surface area contributed by atoms with Gasteiger partial charge in [0.05, 0.1) is 5.69 Å². The summed E-state index contributed by atoms with van der Waals surface area (Å²) < 4.78 is 5.24. The molecule has 0 saturated heterocycles. The van der Waals surface area contributed by atoms with Crippen LogP contribution in [0.4, 0.5) is 16.2 Å². The lowest BCUT2D eigenvalue weighted by Crippen LogP contribution is -2.27. The Hall–Kier alpha value is -2.50. The van der Waals surface area contributed by atoms with Crippen LogP contribution in [0.3, 0.4) is 0 Å². The van der Waals surface area contributed by atoms with Crippen LogP contribution in [0.2, 0.25) is 10.0 Å². The number of nitrogens with one attached hydrogen (secondary N) is 2. The summed E-state index contributed by atoms with van der Waals surface area (Å²) in [6.07, 6.45) is 1.13. The van der Waals surface area contributed by atoms with Gasteiger partial charge in [0.15, 0.2) is 0 Å². The molecule has 2 N–H and O–H groups in total. The van der Waals surface area contributed by atoms with Crippen molar-refractivity contribution in [3.8, 4) is 0 Å². The number of carbonyl (C=O) groups is 2. The van der Waals surface area contributed by atoms with Gasteiger partial charge in [-0.25, -0.2) is 4.79 Å². The smallest absolute Gasteiger partial charge is 0.412 e. The Labute approximate surface area is 167 Å². The van der Waals surface area contributed by atoms with Gasteiger partial charge in [-0.3, -0.25) is 10.1 Å². The molecule has 0 aliphatic carbocycles. The summed E-state index contributed by atoms with van der Waals surface area (Å²) in [5.41, 5.74) is 2.44. The normalized spacial score (nSPS) is 14.7. The lowest BCUT2D eigenvalue weighted by Gasteiger charge is -2.19. The number of amides is 2. The fourth-order valence-electron chi connectivity index (χ4n) is 2.67. The highest BCUT2D eigenvalue weighted by Gasteiger charge is 2.24. The van der Waals surface area contributed by atoms with Crippen LogP contribution in [0.5, 0.6) is 0 Å². The van der Waals surface area contributed by atoms with Gasteiger partial charge >= 0.3 is 6.09 Å². The minimum Gasteiger partial charge on any atom is -0.444 e. The van der Waals surface area contributed by atoms with Gasteiger partial charge < -0.3 is 10.1 Å². The molecule has 2 aromatic rings. The second-order valence-corrected chi connectivity index (χ2v) is 7.98. The van der Waals surface area contributed by atoms with E-state index in [1.54, 1.807) is 63.2 Å². The average molecular weight is 405 g/mol. The molecule has 1 aliphatic rings. The van der Waals surface area contributed by atoms with Gasteiger partial charge in [0, 0.05) is 26.9 Å². The summed E-state index contributed by atoms with van der Waals surface area (Å²) in [7, 11) is 0. The molecule has 5 nitrogen and oxygen atoms in total. The van der Waals surface area contributed by atoms with E-state index in [4.69, 9.17) is 27.9 Å². The van der Waals surface area contributed by atoms with Crippen molar-refractivity contribution in [1.82, 2.24) is 0 Å². The quantitative estimate of drug-likeness (QED) is 0.618. The average Bonchev–Trinajstić information content (AvgIpc) is 2.79. The van der Waals surface area contributed by atoms with Gasteiger partial charge in [-0.15, -0.1) is 0 Å². The van der Waals surface area contributed by atoms with Crippen LogP contribution in [-0.4, -0.2) is 17.6 Å². The van der Waals surface area contributed by atoms with E-state index in [-0.39, 0.29) is 5.91 Å². The molecule has 7 heteroatoms. The fourth-order valence-corrected chi connectivity index (χ4v) is 3.08. The maximum atomic E-state index is 12.3. The van der Waals surface area contributed by atoms with Gasteiger partial charge in [0.1, 0.15) is 5.60 Å². The molecule has 1 heterocycles. The molecule has 0 unspecified atom stereocenters. The molecule has 140 valence electrons. The van der Waals surface area contributed by atoms with Crippen molar-refractivity contribution in [3.63, 3.8) is 0 Å². The first-order valence-electron chi connectivity index (χ1n) is 8.24. The van der Waals surface area contributed by atoms with Crippen molar-refractivity contribution in [1.29, 1.82) is 0 Å². The Bertz CT molecular complexity index is 962. The minimum atomic E-state index is -0.611. The zero-order chi connectivity index (χ0) is 19.8. The number of halogens is 2. The van der Waals surface area contributed by atoms with Crippen molar-refractivity contribution in [2.75, 3.05) is 10.6 Å². The van der Waals surface area contributed by atoms with Crippen LogP contribution in [0.1, 0.15) is 31.9 Å². The second kappa shape index (κ2) is 7.25. The monoisotopic (exact) mass is 404 g/mol. The number of rotatable bonds is 2. The van der Waals surface area contributed by atoms with Crippen molar-refractivity contribution >= 4 is 58.2 Å². The number of hydrogen-bond donors (Lipinski definition) is 2. The fraction of sp³-hybridized carbons (Fsp3) is 0.200. The van der Waals surface area contributed by atoms with Crippen LogP contribution in [0.15, 0.2) is 36.4 Å². The maximum absolute atomic E-state index is 12.3. The molecular weight excluding hydrogens is 387 g/mol. The van der Waals surface area contributed by atoms with Crippen molar-refractivity contribution in [3.05, 3.63) is 57.6 Å². The minimum absolute atomic E-state index is 0.228. The number of benzene rings is 2. The Morgan fingerprint density at radius 1 is 1.11 bits per heavy atom. The lowest BCUT2D eigenvalue weighted by atomic mass is 10.0. The Kier molecular flexibility index (Phi) is 5.18. The number of anilines is 2. The molecule has 1 aliphatic heterocycles. The molecule has 0 saturated carbocycles. The van der Waals surface area contributed by atoms with Crippen LogP contribution in [0, 0.1) is 0 Å². The van der Waals surface area contributed by atoms with Crippen LogP contribution in [0.25, 0.3) is 11.6 Å². The van der Waals surface area contributed by atoms with E-state index in [1.807, 2.05) is 0 Å². The van der Waals surface area contributed by atoms with E-state index < -0.39 is 11.7 Å². The standard InChI is InChI=1S/C20H18Cl2N2O3/c1-20(2,3)27-19(26)23-14-7-11(6-13(22)9-14)8-16-15-5-4-12(21)10-17(15)24-18(16)25/h4-10H,1-3H3,(H,23,26)(H,24,25)/b16-8+. The Morgan fingerprint density at radius 2 is 1.85 bits per heavy atom. The molecule has 0 aromatic heterocycles. The van der Waals surface area contributed by atoms with Crippen LogP contribution in [-0.2, 0) is 9.53 Å². The summed E-state index contributed by atoms with van der Waals surface area (Å²) >= 11 is 12.1. The molecule has 2 aromatic carbocycles. The third kappa shape index (κ3) is 4.81. The van der Waals surface area contributed by atoms with Gasteiger partial charge in [-0.2, -0.15) is 0 Å². The van der Waals surface area contributed by atoms with E-state index in [1.165, 1.54) is 0 Å². The first-order valence-corrected chi connectivity index (χ1v) is 9.00.